The molecule has 0 unspecified atom stereocenters. The molecule has 0 radical (unpaired) electrons. The first-order valence-electron chi connectivity index (χ1n) is 12.7. The van der Waals surface area contributed by atoms with Crippen LogP contribution in [0.3, 0.4) is 0 Å². The molecule has 1 aromatic heterocycles. The van der Waals surface area contributed by atoms with Crippen molar-refractivity contribution in [1.29, 1.82) is 0 Å². The highest BCUT2D eigenvalue weighted by Gasteiger charge is 2.33. The van der Waals surface area contributed by atoms with Crippen molar-refractivity contribution in [3.63, 3.8) is 0 Å². The molecule has 3 aromatic rings. The summed E-state index contributed by atoms with van der Waals surface area (Å²) in [5.74, 6) is 4.69. The van der Waals surface area contributed by atoms with Gasteiger partial charge in [0.05, 0.1) is 21.4 Å². The van der Waals surface area contributed by atoms with Crippen LogP contribution >= 0.6 is 23.2 Å². The van der Waals surface area contributed by atoms with Crippen LogP contribution in [0.4, 0.5) is 14.6 Å². The fourth-order valence-corrected chi connectivity index (χ4v) is 5.60. The molecule has 2 N–H and O–H groups in total. The molecule has 208 valence electrons. The van der Waals surface area contributed by atoms with Gasteiger partial charge < -0.3 is 4.74 Å². The van der Waals surface area contributed by atoms with Crippen LogP contribution in [0, 0.1) is 11.6 Å². The number of esters is 1. The fourth-order valence-electron chi connectivity index (χ4n) is 5.27. The molecule has 11 heteroatoms. The van der Waals surface area contributed by atoms with E-state index >= 15 is 4.39 Å². The largest absolute Gasteiger partial charge is 0.459 e. The van der Waals surface area contributed by atoms with E-state index in [2.05, 4.69) is 0 Å². The monoisotopic (exact) mass is 578 g/mol. The van der Waals surface area contributed by atoms with Crippen LogP contribution in [-0.4, -0.2) is 27.5 Å². The second-order valence-corrected chi connectivity index (χ2v) is 11.2. The van der Waals surface area contributed by atoms with Gasteiger partial charge in [-0.05, 0) is 56.5 Å². The van der Waals surface area contributed by atoms with Crippen molar-refractivity contribution < 1.29 is 23.1 Å². The van der Waals surface area contributed by atoms with E-state index in [9.17, 15) is 14.0 Å². The molecule has 0 saturated heterocycles. The number of imidazole rings is 1. The second kappa shape index (κ2) is 11.6. The van der Waals surface area contributed by atoms with Crippen molar-refractivity contribution in [3.8, 4) is 16.9 Å². The van der Waals surface area contributed by atoms with E-state index in [1.54, 1.807) is 24.5 Å². The zero-order valence-electron chi connectivity index (χ0n) is 21.9. The summed E-state index contributed by atoms with van der Waals surface area (Å²) in [6.45, 7) is 4.75. The zero-order chi connectivity index (χ0) is 28.5. The van der Waals surface area contributed by atoms with Crippen molar-refractivity contribution in [2.45, 2.75) is 70.8 Å². The fraction of sp³-hybridized carbons (Fsp3) is 0.393. The van der Waals surface area contributed by atoms with Gasteiger partial charge in [0.1, 0.15) is 17.2 Å². The van der Waals surface area contributed by atoms with E-state index in [1.807, 2.05) is 0 Å². The molecule has 2 aromatic carbocycles. The number of rotatable bonds is 8. The van der Waals surface area contributed by atoms with Gasteiger partial charge in [-0.15, -0.1) is 0 Å². The van der Waals surface area contributed by atoms with Crippen LogP contribution in [0.25, 0.3) is 16.9 Å². The van der Waals surface area contributed by atoms with Crippen LogP contribution in [0.15, 0.2) is 30.3 Å². The summed E-state index contributed by atoms with van der Waals surface area (Å²) in [7, 11) is 0. The maximum absolute atomic E-state index is 16.2. The summed E-state index contributed by atoms with van der Waals surface area (Å²) in [4.78, 5) is 28.4. The van der Waals surface area contributed by atoms with Crippen molar-refractivity contribution in [2.75, 3.05) is 5.01 Å². The Morgan fingerprint density at radius 1 is 1.18 bits per heavy atom. The molecular weight excluding hydrogens is 549 g/mol. The molecule has 1 saturated carbocycles. The number of hydrogen-bond acceptors (Lipinski definition) is 5. The Labute approximate surface area is 235 Å². The number of anilines is 1. The zero-order valence-corrected chi connectivity index (χ0v) is 23.5. The highest BCUT2D eigenvalue weighted by Crippen LogP contribution is 2.43. The molecule has 1 aliphatic carbocycles. The number of halogens is 4. The third-order valence-electron chi connectivity index (χ3n) is 6.82. The lowest BCUT2D eigenvalue weighted by Gasteiger charge is -2.28. The Bertz CT molecular complexity index is 1400. The van der Waals surface area contributed by atoms with Gasteiger partial charge in [-0.3, -0.25) is 14.2 Å². The minimum atomic E-state index is -0.989. The first-order valence-corrected chi connectivity index (χ1v) is 13.4. The predicted molar refractivity (Wildman–Crippen MR) is 147 cm³/mol. The topological polar surface area (TPSA) is 90.5 Å². The smallest absolute Gasteiger partial charge is 0.303 e. The highest BCUT2D eigenvalue weighted by atomic mass is 35.5. The van der Waals surface area contributed by atoms with E-state index in [4.69, 9.17) is 38.8 Å². The molecule has 1 fully saturated rings. The number of carbonyl (C=O) groups excluding carboxylic acids is 2. The van der Waals surface area contributed by atoms with Crippen molar-refractivity contribution in [1.82, 2.24) is 9.55 Å². The first kappa shape index (κ1) is 29.0. The minimum Gasteiger partial charge on any atom is -0.459 e. The highest BCUT2D eigenvalue weighted by molar-refractivity contribution is 6.31. The molecule has 39 heavy (non-hydrogen) atoms. The Balaban J connectivity index is 2.09. The number of benzene rings is 2. The third-order valence-corrected chi connectivity index (χ3v) is 7.40. The van der Waals surface area contributed by atoms with Gasteiger partial charge in [0.2, 0.25) is 6.41 Å². The molecule has 1 aliphatic rings. The van der Waals surface area contributed by atoms with Gasteiger partial charge in [-0.1, -0.05) is 48.5 Å². The Kier molecular flexibility index (Phi) is 8.63. The summed E-state index contributed by atoms with van der Waals surface area (Å²) in [5, 5.41) is 0.509. The molecule has 1 heterocycles. The summed E-state index contributed by atoms with van der Waals surface area (Å²) in [6, 6.07) is 7.12. The molecule has 0 bridgehead atoms. The number of amides is 1. The summed E-state index contributed by atoms with van der Waals surface area (Å²) >= 11 is 12.5. The van der Waals surface area contributed by atoms with Gasteiger partial charge in [0.25, 0.3) is 0 Å². The lowest BCUT2D eigenvalue weighted by Crippen LogP contribution is -2.30. The van der Waals surface area contributed by atoms with Gasteiger partial charge in [-0.25, -0.2) is 24.6 Å². The van der Waals surface area contributed by atoms with Crippen LogP contribution in [0.2, 0.25) is 10.0 Å². The van der Waals surface area contributed by atoms with Gasteiger partial charge in [0, 0.05) is 24.8 Å². The average molecular weight is 579 g/mol. The first-order chi connectivity index (χ1) is 18.4. The predicted octanol–water partition coefficient (Wildman–Crippen LogP) is 6.89. The Morgan fingerprint density at radius 3 is 2.49 bits per heavy atom. The summed E-state index contributed by atoms with van der Waals surface area (Å²) in [5.41, 5.74) is 0.190. The normalized spacial score (nSPS) is 14.4. The number of hydrazine groups is 1. The molecule has 0 atom stereocenters. The van der Waals surface area contributed by atoms with E-state index < -0.39 is 23.2 Å². The van der Waals surface area contributed by atoms with Crippen LogP contribution < -0.4 is 10.9 Å². The van der Waals surface area contributed by atoms with Gasteiger partial charge in [-0.2, -0.15) is 0 Å². The summed E-state index contributed by atoms with van der Waals surface area (Å²) in [6.07, 6.45) is 5.09. The maximum Gasteiger partial charge on any atom is 0.303 e. The van der Waals surface area contributed by atoms with Crippen LogP contribution in [0.1, 0.15) is 70.2 Å². The van der Waals surface area contributed by atoms with E-state index in [-0.39, 0.29) is 39.6 Å². The van der Waals surface area contributed by atoms with E-state index in [0.29, 0.717) is 23.4 Å². The van der Waals surface area contributed by atoms with Crippen LogP contribution in [-0.2, 0) is 20.7 Å². The van der Waals surface area contributed by atoms with Crippen LogP contribution in [0.5, 0.6) is 0 Å². The van der Waals surface area contributed by atoms with Crippen molar-refractivity contribution in [3.05, 3.63) is 63.4 Å². The van der Waals surface area contributed by atoms with E-state index in [1.165, 1.54) is 31.2 Å². The number of nitrogens with zero attached hydrogens (tertiary/aromatic N) is 3. The molecule has 7 nitrogen and oxygen atoms in total. The average Bonchev–Trinajstić information content (AvgIpc) is 3.27. The molecule has 0 aliphatic heterocycles. The number of carbonyl (C=O) groups is 2. The Hall–Kier alpha value is -3.01. The SMILES string of the molecule is CC(=O)OC(C)(C)Cc1ccc(Cl)c(F)c1-n1c(C2CCCCC2)nc(N(N)C=O)c1-c1ccc(F)c(Cl)c1. The number of hydrogen-bond donors (Lipinski definition) is 1. The molecule has 0 spiro atoms. The van der Waals surface area contributed by atoms with Gasteiger partial charge >= 0.3 is 5.97 Å². The maximum atomic E-state index is 16.2. The quantitative estimate of drug-likeness (QED) is 0.103. The molecule has 4 rings (SSSR count). The van der Waals surface area contributed by atoms with Crippen molar-refractivity contribution in [2.24, 2.45) is 5.84 Å². The number of aromatic nitrogens is 2. The number of nitrogens with two attached hydrogens (primary N) is 1. The summed E-state index contributed by atoms with van der Waals surface area (Å²) < 4.78 is 37.5. The Morgan fingerprint density at radius 2 is 1.87 bits per heavy atom. The molecular formula is C28H30Cl2F2N4O3. The second-order valence-electron chi connectivity index (χ2n) is 10.4. The molecule has 1 amide bonds. The van der Waals surface area contributed by atoms with Crippen molar-refractivity contribution >= 4 is 41.4 Å². The standard InChI is InChI=1S/C28H30Cl2F2N4O3/c1-16(38)39-28(2,3)14-19-9-11-20(29)23(32)24(19)36-25(18-10-12-22(31)21(30)13-18)27(35(33)15-37)34-26(36)17-7-5-4-6-8-17/h9-13,15,17H,4-8,14,33H2,1-3H3. The lowest BCUT2D eigenvalue weighted by molar-refractivity contribution is -0.153. The minimum absolute atomic E-state index is 0.0535. The lowest BCUT2D eigenvalue weighted by atomic mass is 9.88. The number of ether oxygens (including phenoxy) is 1. The van der Waals surface area contributed by atoms with E-state index in [0.717, 1.165) is 37.1 Å². The third kappa shape index (κ3) is 6.10. The van der Waals surface area contributed by atoms with Gasteiger partial charge in [0.15, 0.2) is 11.6 Å².